The molecule has 0 aliphatic rings. The minimum absolute atomic E-state index is 0.0883. The molecule has 0 aromatic carbocycles. The van der Waals surface area contributed by atoms with Crippen LogP contribution in [0.1, 0.15) is 194 Å². The van der Waals surface area contributed by atoms with Crippen molar-refractivity contribution in [3.63, 3.8) is 0 Å². The fourth-order valence-electron chi connectivity index (χ4n) is 5.52. The molecule has 288 valence electrons. The number of esters is 3. The highest BCUT2D eigenvalue weighted by Gasteiger charge is 2.19. The molecule has 50 heavy (non-hydrogen) atoms. The van der Waals surface area contributed by atoms with Gasteiger partial charge in [-0.25, -0.2) is 0 Å². The van der Waals surface area contributed by atoms with Crippen LogP contribution in [-0.2, 0) is 28.6 Å². The molecule has 0 heterocycles. The van der Waals surface area contributed by atoms with E-state index in [1.807, 2.05) is 0 Å². The van der Waals surface area contributed by atoms with Crippen LogP contribution < -0.4 is 0 Å². The van der Waals surface area contributed by atoms with Crippen LogP contribution in [0.15, 0.2) is 48.6 Å². The fraction of sp³-hybridized carbons (Fsp3) is 0.750. The van der Waals surface area contributed by atoms with Gasteiger partial charge in [-0.2, -0.15) is 0 Å². The number of rotatable bonds is 36. The molecule has 0 bridgehead atoms. The van der Waals surface area contributed by atoms with Crippen LogP contribution in [0.25, 0.3) is 0 Å². The first-order valence-electron chi connectivity index (χ1n) is 20.6. The second kappa shape index (κ2) is 39.2. The molecule has 0 aliphatic carbocycles. The predicted octanol–water partition coefficient (Wildman–Crippen LogP) is 12.8. The summed E-state index contributed by atoms with van der Waals surface area (Å²) in [6.45, 7) is 6.33. The van der Waals surface area contributed by atoms with Gasteiger partial charge in [-0.3, -0.25) is 14.4 Å². The molecule has 0 N–H and O–H groups in total. The first kappa shape index (κ1) is 47.4. The summed E-state index contributed by atoms with van der Waals surface area (Å²) in [6, 6.07) is 0. The van der Waals surface area contributed by atoms with E-state index in [9.17, 15) is 14.4 Å². The Balaban J connectivity index is 4.37. The monoisotopic (exact) mass is 701 g/mol. The van der Waals surface area contributed by atoms with Gasteiger partial charge >= 0.3 is 17.9 Å². The smallest absolute Gasteiger partial charge is 0.306 e. The van der Waals surface area contributed by atoms with Crippen molar-refractivity contribution in [2.75, 3.05) is 13.2 Å². The van der Waals surface area contributed by atoms with Crippen molar-refractivity contribution in [3.05, 3.63) is 48.6 Å². The van der Waals surface area contributed by atoms with Gasteiger partial charge in [0.1, 0.15) is 13.2 Å². The fourth-order valence-corrected chi connectivity index (χ4v) is 5.52. The zero-order valence-electron chi connectivity index (χ0n) is 32.7. The Morgan fingerprint density at radius 1 is 0.420 bits per heavy atom. The molecule has 1 atom stereocenters. The molecule has 0 aromatic heterocycles. The molecule has 1 unspecified atom stereocenters. The van der Waals surface area contributed by atoms with E-state index < -0.39 is 6.10 Å². The van der Waals surface area contributed by atoms with Crippen molar-refractivity contribution in [1.29, 1.82) is 0 Å². The zero-order valence-corrected chi connectivity index (χ0v) is 32.7. The molecule has 0 saturated heterocycles. The van der Waals surface area contributed by atoms with Gasteiger partial charge in [0.15, 0.2) is 6.10 Å². The van der Waals surface area contributed by atoms with Crippen molar-refractivity contribution >= 4 is 17.9 Å². The maximum Gasteiger partial charge on any atom is 0.306 e. The van der Waals surface area contributed by atoms with E-state index in [-0.39, 0.29) is 37.5 Å². The quantitative estimate of drug-likeness (QED) is 0.0280. The number of hydrogen-bond donors (Lipinski definition) is 0. The number of carbonyl (C=O) groups excluding carboxylic acids is 3. The van der Waals surface area contributed by atoms with Crippen LogP contribution >= 0.6 is 0 Å². The molecule has 0 saturated carbocycles. The summed E-state index contributed by atoms with van der Waals surface area (Å²) in [5.74, 6) is -0.943. The van der Waals surface area contributed by atoms with Crippen molar-refractivity contribution in [2.24, 2.45) is 0 Å². The summed E-state index contributed by atoms with van der Waals surface area (Å²) in [6.07, 6.45) is 43.9. The Hall–Kier alpha value is -2.63. The SMILES string of the molecule is CC/C=C\C/C=C\CCCCCCCCCC(=O)OCC(COC(=O)CCCCCCCCCCC)OC(=O)CCCC/C=C\C/C=C\CC. The average molecular weight is 701 g/mol. The van der Waals surface area contributed by atoms with Crippen LogP contribution in [-0.4, -0.2) is 37.2 Å². The van der Waals surface area contributed by atoms with Crippen molar-refractivity contribution in [2.45, 2.75) is 200 Å². The highest BCUT2D eigenvalue weighted by atomic mass is 16.6. The third-order valence-electron chi connectivity index (χ3n) is 8.58. The predicted molar refractivity (Wildman–Crippen MR) is 210 cm³/mol. The molecule has 0 radical (unpaired) electrons. The maximum absolute atomic E-state index is 12.6. The second-order valence-corrected chi connectivity index (χ2v) is 13.5. The molecule has 0 aliphatic heterocycles. The first-order chi connectivity index (χ1) is 24.5. The van der Waals surface area contributed by atoms with E-state index in [1.165, 1.54) is 64.2 Å². The molecule has 6 nitrogen and oxygen atoms in total. The highest BCUT2D eigenvalue weighted by Crippen LogP contribution is 2.13. The van der Waals surface area contributed by atoms with E-state index >= 15 is 0 Å². The number of ether oxygens (including phenoxy) is 3. The van der Waals surface area contributed by atoms with Crippen LogP contribution in [0, 0.1) is 0 Å². The van der Waals surface area contributed by atoms with Gasteiger partial charge in [0.05, 0.1) is 0 Å². The largest absolute Gasteiger partial charge is 0.462 e. The van der Waals surface area contributed by atoms with Crippen molar-refractivity contribution in [1.82, 2.24) is 0 Å². The zero-order chi connectivity index (χ0) is 36.6. The first-order valence-corrected chi connectivity index (χ1v) is 20.6. The Morgan fingerprint density at radius 3 is 1.24 bits per heavy atom. The van der Waals surface area contributed by atoms with Gasteiger partial charge < -0.3 is 14.2 Å². The lowest BCUT2D eigenvalue weighted by Crippen LogP contribution is -2.30. The Kier molecular flexibility index (Phi) is 37.1. The third kappa shape index (κ3) is 36.6. The van der Waals surface area contributed by atoms with Crippen LogP contribution in [0.5, 0.6) is 0 Å². The Labute approximate surface area is 307 Å². The lowest BCUT2D eigenvalue weighted by Gasteiger charge is -2.18. The minimum Gasteiger partial charge on any atom is -0.462 e. The van der Waals surface area contributed by atoms with E-state index in [0.29, 0.717) is 19.3 Å². The number of carbonyl (C=O) groups is 3. The number of hydrogen-bond acceptors (Lipinski definition) is 6. The standard InChI is InChI=1S/C44H76O6/c1-4-7-10-13-16-19-20-21-22-23-26-28-31-34-37-43(46)49-40-41(50-44(47)38-35-32-29-25-18-15-12-9-6-3)39-48-42(45)36-33-30-27-24-17-14-11-8-5-2/h7,9-10,12,16,18-19,25,41H,4-6,8,11,13-15,17,20-24,26-40H2,1-3H3/b10-7-,12-9-,19-16-,25-18-. The highest BCUT2D eigenvalue weighted by molar-refractivity contribution is 5.71. The topological polar surface area (TPSA) is 78.9 Å². The summed E-state index contributed by atoms with van der Waals surface area (Å²) in [4.78, 5) is 37.5. The Bertz CT molecular complexity index is 902. The number of unbranched alkanes of at least 4 members (excludes halogenated alkanes) is 17. The van der Waals surface area contributed by atoms with E-state index in [2.05, 4.69) is 69.4 Å². The van der Waals surface area contributed by atoms with E-state index in [4.69, 9.17) is 14.2 Å². The molecule has 0 aromatic rings. The minimum atomic E-state index is -0.786. The lowest BCUT2D eigenvalue weighted by atomic mass is 10.1. The van der Waals surface area contributed by atoms with Crippen LogP contribution in [0.3, 0.4) is 0 Å². The van der Waals surface area contributed by atoms with Gasteiger partial charge in [0.2, 0.25) is 0 Å². The summed E-state index contributed by atoms with van der Waals surface area (Å²) in [5, 5.41) is 0. The van der Waals surface area contributed by atoms with Crippen molar-refractivity contribution in [3.8, 4) is 0 Å². The van der Waals surface area contributed by atoms with Gasteiger partial charge in [-0.1, -0.05) is 153 Å². The van der Waals surface area contributed by atoms with Crippen molar-refractivity contribution < 1.29 is 28.6 Å². The molecular formula is C44H76O6. The average Bonchev–Trinajstić information content (AvgIpc) is 3.11. The lowest BCUT2D eigenvalue weighted by molar-refractivity contribution is -0.167. The molecule has 0 rings (SSSR count). The van der Waals surface area contributed by atoms with Crippen LogP contribution in [0.2, 0.25) is 0 Å². The van der Waals surface area contributed by atoms with Gasteiger partial charge in [-0.15, -0.1) is 0 Å². The van der Waals surface area contributed by atoms with Gasteiger partial charge in [-0.05, 0) is 70.6 Å². The maximum atomic E-state index is 12.6. The third-order valence-corrected chi connectivity index (χ3v) is 8.58. The van der Waals surface area contributed by atoms with Gasteiger partial charge in [0.25, 0.3) is 0 Å². The van der Waals surface area contributed by atoms with E-state index in [0.717, 1.165) is 83.5 Å². The molecular weight excluding hydrogens is 624 g/mol. The summed E-state index contributed by atoms with van der Waals surface area (Å²) in [5.41, 5.74) is 0. The molecule has 0 amide bonds. The second-order valence-electron chi connectivity index (χ2n) is 13.5. The number of allylic oxidation sites excluding steroid dienone is 8. The molecule has 6 heteroatoms. The summed E-state index contributed by atoms with van der Waals surface area (Å²) in [7, 11) is 0. The van der Waals surface area contributed by atoms with Crippen LogP contribution in [0.4, 0.5) is 0 Å². The summed E-state index contributed by atoms with van der Waals surface area (Å²) < 4.78 is 16.6. The summed E-state index contributed by atoms with van der Waals surface area (Å²) >= 11 is 0. The molecule has 0 fully saturated rings. The van der Waals surface area contributed by atoms with E-state index in [1.54, 1.807) is 0 Å². The van der Waals surface area contributed by atoms with Gasteiger partial charge in [0, 0.05) is 19.3 Å². The normalized spacial score (nSPS) is 12.5. The molecule has 0 spiro atoms. The Morgan fingerprint density at radius 2 is 0.780 bits per heavy atom.